The van der Waals surface area contributed by atoms with Gasteiger partial charge >= 0.3 is 0 Å². The Balaban J connectivity index is 3.41. The van der Waals surface area contributed by atoms with Crippen molar-refractivity contribution in [2.24, 2.45) is 11.8 Å². The Hall–Kier alpha value is -0.300. The first-order chi connectivity index (χ1) is 7.11. The summed E-state index contributed by atoms with van der Waals surface area (Å²) in [6.07, 6.45) is 5.08. The molecule has 0 aliphatic carbocycles. The number of allylic oxidation sites excluding steroid dienone is 1. The molecule has 0 saturated carbocycles. The van der Waals surface area contributed by atoms with E-state index in [-0.39, 0.29) is 0 Å². The molecule has 0 spiro atoms. The van der Waals surface area contributed by atoms with Gasteiger partial charge in [0.2, 0.25) is 0 Å². The predicted molar refractivity (Wildman–Crippen MR) is 70.2 cm³/mol. The number of nitrogens with one attached hydrogen (secondary N) is 1. The van der Waals surface area contributed by atoms with Gasteiger partial charge in [-0.2, -0.15) is 0 Å². The molecule has 0 heterocycles. The topological polar surface area (TPSA) is 12.0 Å². The normalized spacial score (nSPS) is 14.9. The molecule has 1 N–H and O–H groups in total. The lowest BCUT2D eigenvalue weighted by molar-refractivity contribution is 0.464. The molecule has 0 aromatic rings. The van der Waals surface area contributed by atoms with Crippen molar-refractivity contribution >= 4 is 0 Å². The zero-order valence-electron chi connectivity index (χ0n) is 11.1. The highest BCUT2D eigenvalue weighted by Gasteiger charge is 2.05. The van der Waals surface area contributed by atoms with E-state index in [1.165, 1.54) is 37.8 Å². The Bertz CT molecular complexity index is 163. The third-order valence-corrected chi connectivity index (χ3v) is 3.29. The standard InChI is InChI=1S/C14H29N/c1-6-13(5)11-15-10-8-9-14(7-2)12(3)4/h13-15H,3,6-11H2,1-2,4-5H3. The molecular weight excluding hydrogens is 182 g/mol. The minimum atomic E-state index is 0.732. The summed E-state index contributed by atoms with van der Waals surface area (Å²) in [5, 5.41) is 3.52. The summed E-state index contributed by atoms with van der Waals surface area (Å²) in [5.74, 6) is 1.54. The Morgan fingerprint density at radius 3 is 2.40 bits per heavy atom. The van der Waals surface area contributed by atoms with Gasteiger partial charge in [-0.1, -0.05) is 39.3 Å². The van der Waals surface area contributed by atoms with Crippen molar-refractivity contribution < 1.29 is 0 Å². The lowest BCUT2D eigenvalue weighted by Crippen LogP contribution is -2.22. The van der Waals surface area contributed by atoms with E-state index in [9.17, 15) is 0 Å². The second kappa shape index (κ2) is 8.96. The van der Waals surface area contributed by atoms with Crippen molar-refractivity contribution in [2.45, 2.75) is 53.4 Å². The zero-order valence-corrected chi connectivity index (χ0v) is 11.1. The SMILES string of the molecule is C=C(C)C(CC)CCCNCC(C)CC. The molecule has 90 valence electrons. The molecular formula is C14H29N. The van der Waals surface area contributed by atoms with Crippen molar-refractivity contribution in [3.05, 3.63) is 12.2 Å². The van der Waals surface area contributed by atoms with Crippen LogP contribution in [0.4, 0.5) is 0 Å². The maximum atomic E-state index is 4.05. The van der Waals surface area contributed by atoms with E-state index in [0.717, 1.165) is 18.4 Å². The molecule has 0 aromatic carbocycles. The molecule has 1 heteroatoms. The van der Waals surface area contributed by atoms with Crippen molar-refractivity contribution in [1.29, 1.82) is 0 Å². The maximum absolute atomic E-state index is 4.05. The van der Waals surface area contributed by atoms with Crippen LogP contribution >= 0.6 is 0 Å². The monoisotopic (exact) mass is 211 g/mol. The Labute approximate surface area is 96.3 Å². The van der Waals surface area contributed by atoms with Crippen LogP contribution in [0.3, 0.4) is 0 Å². The van der Waals surface area contributed by atoms with Gasteiger partial charge in [-0.3, -0.25) is 0 Å². The van der Waals surface area contributed by atoms with E-state index >= 15 is 0 Å². The average Bonchev–Trinajstić information content (AvgIpc) is 2.22. The Morgan fingerprint density at radius 1 is 1.27 bits per heavy atom. The van der Waals surface area contributed by atoms with E-state index in [1.807, 2.05) is 0 Å². The minimum Gasteiger partial charge on any atom is -0.316 e. The lowest BCUT2D eigenvalue weighted by atomic mass is 9.94. The van der Waals surface area contributed by atoms with Crippen LogP contribution in [-0.4, -0.2) is 13.1 Å². The molecule has 0 radical (unpaired) electrons. The molecule has 0 aromatic heterocycles. The first-order valence-electron chi connectivity index (χ1n) is 6.47. The first kappa shape index (κ1) is 14.7. The zero-order chi connectivity index (χ0) is 11.7. The fraction of sp³-hybridized carbons (Fsp3) is 0.857. The summed E-state index contributed by atoms with van der Waals surface area (Å²) in [4.78, 5) is 0. The van der Waals surface area contributed by atoms with Crippen LogP contribution in [0, 0.1) is 11.8 Å². The van der Waals surface area contributed by atoms with Gasteiger partial charge < -0.3 is 5.32 Å². The summed E-state index contributed by atoms with van der Waals surface area (Å²) in [6.45, 7) is 15.3. The van der Waals surface area contributed by atoms with Crippen LogP contribution in [-0.2, 0) is 0 Å². The number of hydrogen-bond donors (Lipinski definition) is 1. The summed E-state index contributed by atoms with van der Waals surface area (Å²) >= 11 is 0. The summed E-state index contributed by atoms with van der Waals surface area (Å²) in [6, 6.07) is 0. The van der Waals surface area contributed by atoms with Crippen LogP contribution in [0.15, 0.2) is 12.2 Å². The Kier molecular flexibility index (Phi) is 8.79. The van der Waals surface area contributed by atoms with Gasteiger partial charge in [0.1, 0.15) is 0 Å². The molecule has 0 aliphatic rings. The summed E-state index contributed by atoms with van der Waals surface area (Å²) in [7, 11) is 0. The van der Waals surface area contributed by atoms with Crippen molar-refractivity contribution in [1.82, 2.24) is 5.32 Å². The number of hydrogen-bond acceptors (Lipinski definition) is 1. The third kappa shape index (κ3) is 7.61. The molecule has 2 unspecified atom stereocenters. The molecule has 0 rings (SSSR count). The summed E-state index contributed by atoms with van der Waals surface area (Å²) < 4.78 is 0. The smallest absolute Gasteiger partial charge is 0.00233 e. The van der Waals surface area contributed by atoms with Crippen LogP contribution in [0.25, 0.3) is 0 Å². The first-order valence-corrected chi connectivity index (χ1v) is 6.47. The second-order valence-electron chi connectivity index (χ2n) is 4.81. The van der Waals surface area contributed by atoms with Gasteiger partial charge in [0.15, 0.2) is 0 Å². The van der Waals surface area contributed by atoms with Gasteiger partial charge in [0, 0.05) is 0 Å². The van der Waals surface area contributed by atoms with Gasteiger partial charge in [-0.05, 0) is 51.1 Å². The fourth-order valence-corrected chi connectivity index (χ4v) is 1.77. The van der Waals surface area contributed by atoms with Crippen LogP contribution in [0.2, 0.25) is 0 Å². The third-order valence-electron chi connectivity index (χ3n) is 3.29. The highest BCUT2D eigenvalue weighted by atomic mass is 14.8. The average molecular weight is 211 g/mol. The van der Waals surface area contributed by atoms with Crippen LogP contribution < -0.4 is 5.32 Å². The molecule has 15 heavy (non-hydrogen) atoms. The highest BCUT2D eigenvalue weighted by molar-refractivity contribution is 4.95. The van der Waals surface area contributed by atoms with E-state index in [1.54, 1.807) is 0 Å². The number of rotatable bonds is 9. The fourth-order valence-electron chi connectivity index (χ4n) is 1.77. The van der Waals surface area contributed by atoms with Crippen molar-refractivity contribution in [3.8, 4) is 0 Å². The molecule has 0 fully saturated rings. The molecule has 0 aliphatic heterocycles. The maximum Gasteiger partial charge on any atom is -0.00233 e. The summed E-state index contributed by atoms with van der Waals surface area (Å²) in [5.41, 5.74) is 1.35. The van der Waals surface area contributed by atoms with E-state index in [4.69, 9.17) is 0 Å². The van der Waals surface area contributed by atoms with Crippen molar-refractivity contribution in [3.63, 3.8) is 0 Å². The van der Waals surface area contributed by atoms with Gasteiger partial charge in [-0.25, -0.2) is 0 Å². The van der Waals surface area contributed by atoms with E-state index in [0.29, 0.717) is 0 Å². The highest BCUT2D eigenvalue weighted by Crippen LogP contribution is 2.18. The molecule has 0 saturated heterocycles. The van der Waals surface area contributed by atoms with E-state index in [2.05, 4.69) is 39.6 Å². The van der Waals surface area contributed by atoms with E-state index < -0.39 is 0 Å². The minimum absolute atomic E-state index is 0.732. The molecule has 2 atom stereocenters. The lowest BCUT2D eigenvalue weighted by Gasteiger charge is -2.15. The quantitative estimate of drug-likeness (QED) is 0.449. The molecule has 1 nitrogen and oxygen atoms in total. The van der Waals surface area contributed by atoms with Gasteiger partial charge in [0.25, 0.3) is 0 Å². The van der Waals surface area contributed by atoms with Crippen LogP contribution in [0.5, 0.6) is 0 Å². The Morgan fingerprint density at radius 2 is 1.93 bits per heavy atom. The second-order valence-corrected chi connectivity index (χ2v) is 4.81. The van der Waals surface area contributed by atoms with Crippen LogP contribution in [0.1, 0.15) is 53.4 Å². The largest absolute Gasteiger partial charge is 0.316 e. The molecule has 0 bridgehead atoms. The van der Waals surface area contributed by atoms with Gasteiger partial charge in [0.05, 0.1) is 0 Å². The van der Waals surface area contributed by atoms with Gasteiger partial charge in [-0.15, -0.1) is 0 Å². The molecule has 0 amide bonds. The predicted octanol–water partition coefficient (Wildman–Crippen LogP) is 4.00. The van der Waals surface area contributed by atoms with Crippen molar-refractivity contribution in [2.75, 3.05) is 13.1 Å².